The highest BCUT2D eigenvalue weighted by atomic mass is 32.2. The second-order valence-corrected chi connectivity index (χ2v) is 9.04. The molecular weight excluding hydrogens is 428 g/mol. The zero-order valence-electron chi connectivity index (χ0n) is 17.6. The Morgan fingerprint density at radius 3 is 2.44 bits per heavy atom. The van der Waals surface area contributed by atoms with Crippen molar-refractivity contribution >= 4 is 21.6 Å². The van der Waals surface area contributed by atoms with Crippen molar-refractivity contribution in [3.05, 3.63) is 89.8 Å². The molecule has 1 amide bonds. The Labute approximate surface area is 185 Å². The molecule has 0 saturated heterocycles. The number of carbonyl (C=O) groups is 1. The third-order valence-corrected chi connectivity index (χ3v) is 5.30. The number of para-hydroxylation sites is 2. The number of nitrogens with zero attached hydrogens (tertiary/aromatic N) is 2. The van der Waals surface area contributed by atoms with Gasteiger partial charge < -0.3 is 9.73 Å². The van der Waals surface area contributed by atoms with Gasteiger partial charge in [-0.1, -0.05) is 36.4 Å². The molecule has 0 aliphatic carbocycles. The molecule has 0 aliphatic rings. The quantitative estimate of drug-likeness (QED) is 0.446. The van der Waals surface area contributed by atoms with E-state index in [2.05, 4.69) is 15.1 Å². The van der Waals surface area contributed by atoms with Crippen LogP contribution in [-0.4, -0.2) is 30.4 Å². The first-order valence-corrected chi connectivity index (χ1v) is 11.7. The largest absolute Gasteiger partial charge is 0.460 e. The van der Waals surface area contributed by atoms with Crippen LogP contribution >= 0.6 is 0 Å². The summed E-state index contributed by atoms with van der Waals surface area (Å²) in [5, 5.41) is 7.43. The molecule has 9 heteroatoms. The van der Waals surface area contributed by atoms with Gasteiger partial charge in [-0.25, -0.2) is 13.1 Å². The number of sulfonamides is 1. The molecule has 2 N–H and O–H groups in total. The maximum absolute atomic E-state index is 13.1. The van der Waals surface area contributed by atoms with E-state index in [-0.39, 0.29) is 12.5 Å². The number of aryl methyl sites for hydroxylation is 1. The number of hydrogen-bond donors (Lipinski definition) is 2. The molecule has 0 radical (unpaired) electrons. The van der Waals surface area contributed by atoms with Crippen LogP contribution in [-0.2, 0) is 16.6 Å². The van der Waals surface area contributed by atoms with Gasteiger partial charge in [0.05, 0.1) is 23.2 Å². The third-order valence-electron chi connectivity index (χ3n) is 4.71. The van der Waals surface area contributed by atoms with Crippen LogP contribution in [0.4, 0.5) is 5.69 Å². The van der Waals surface area contributed by atoms with Crippen LogP contribution in [0.1, 0.15) is 21.7 Å². The van der Waals surface area contributed by atoms with E-state index in [0.29, 0.717) is 34.0 Å². The van der Waals surface area contributed by atoms with Crippen LogP contribution in [0.15, 0.2) is 77.3 Å². The summed E-state index contributed by atoms with van der Waals surface area (Å²) in [4.78, 5) is 13.1. The fourth-order valence-corrected chi connectivity index (χ4v) is 3.84. The van der Waals surface area contributed by atoms with Crippen LogP contribution in [0.5, 0.6) is 0 Å². The molecule has 0 bridgehead atoms. The molecule has 164 valence electrons. The lowest BCUT2D eigenvalue weighted by Gasteiger charge is -2.11. The van der Waals surface area contributed by atoms with E-state index in [1.165, 1.54) is 0 Å². The van der Waals surface area contributed by atoms with Gasteiger partial charge in [-0.2, -0.15) is 5.10 Å². The molecule has 32 heavy (non-hydrogen) atoms. The second kappa shape index (κ2) is 8.72. The molecule has 2 heterocycles. The maximum atomic E-state index is 13.1. The Hall–Kier alpha value is -3.85. The molecule has 8 nitrogen and oxygen atoms in total. The van der Waals surface area contributed by atoms with Gasteiger partial charge in [0.2, 0.25) is 10.0 Å². The minimum atomic E-state index is -3.45. The predicted molar refractivity (Wildman–Crippen MR) is 122 cm³/mol. The van der Waals surface area contributed by atoms with Crippen molar-refractivity contribution in [3.63, 3.8) is 0 Å². The summed E-state index contributed by atoms with van der Waals surface area (Å²) in [5.74, 6) is 0.841. The smallest absolute Gasteiger partial charge is 0.255 e. The molecule has 2 aromatic carbocycles. The number of furan rings is 1. The molecule has 0 fully saturated rings. The zero-order valence-corrected chi connectivity index (χ0v) is 18.4. The molecule has 0 atom stereocenters. The summed E-state index contributed by atoms with van der Waals surface area (Å²) in [6.45, 7) is 1.95. The van der Waals surface area contributed by atoms with E-state index >= 15 is 0 Å². The number of hydrogen-bond acceptors (Lipinski definition) is 5. The summed E-state index contributed by atoms with van der Waals surface area (Å²) < 4.78 is 33.1. The van der Waals surface area contributed by atoms with Gasteiger partial charge in [0.25, 0.3) is 5.91 Å². The minimum absolute atomic E-state index is 0.130. The number of amides is 1. The van der Waals surface area contributed by atoms with Gasteiger partial charge in [-0.05, 0) is 42.8 Å². The van der Waals surface area contributed by atoms with E-state index < -0.39 is 10.0 Å². The molecule has 4 aromatic rings. The predicted octanol–water partition coefficient (Wildman–Crippen LogP) is 3.74. The number of anilines is 1. The van der Waals surface area contributed by atoms with Gasteiger partial charge >= 0.3 is 0 Å². The number of nitrogens with one attached hydrogen (secondary N) is 2. The lowest BCUT2D eigenvalue weighted by Crippen LogP contribution is -2.24. The van der Waals surface area contributed by atoms with E-state index in [1.54, 1.807) is 41.2 Å². The number of carbonyl (C=O) groups excluding carboxylic acids is 1. The first-order chi connectivity index (χ1) is 15.3. The van der Waals surface area contributed by atoms with Crippen molar-refractivity contribution in [2.75, 3.05) is 11.0 Å². The van der Waals surface area contributed by atoms with Crippen LogP contribution in [0.25, 0.3) is 17.1 Å². The minimum Gasteiger partial charge on any atom is -0.460 e. The summed E-state index contributed by atoms with van der Waals surface area (Å²) in [6, 6.07) is 19.9. The Morgan fingerprint density at radius 2 is 1.75 bits per heavy atom. The van der Waals surface area contributed by atoms with Gasteiger partial charge in [-0.3, -0.25) is 9.52 Å². The van der Waals surface area contributed by atoms with Crippen LogP contribution in [0.2, 0.25) is 0 Å². The molecule has 4 rings (SSSR count). The summed E-state index contributed by atoms with van der Waals surface area (Å²) >= 11 is 0. The molecular formula is C23H22N4O4S. The van der Waals surface area contributed by atoms with Crippen molar-refractivity contribution in [1.29, 1.82) is 0 Å². The van der Waals surface area contributed by atoms with Gasteiger partial charge in [0.15, 0.2) is 5.76 Å². The standard InChI is InChI=1S/C23H22N4O4S/c1-16-12-13-21(31-16)22-19(15-27(25-22)18-9-4-3-5-10-18)23(28)24-14-17-8-6-7-11-20(17)26-32(2,29)30/h3-13,15,26H,14H2,1-2H3,(H,24,28). The maximum Gasteiger partial charge on any atom is 0.255 e. The normalized spacial score (nSPS) is 11.3. The van der Waals surface area contributed by atoms with Gasteiger partial charge in [-0.15, -0.1) is 0 Å². The Morgan fingerprint density at radius 1 is 1.03 bits per heavy atom. The second-order valence-electron chi connectivity index (χ2n) is 7.30. The lowest BCUT2D eigenvalue weighted by molar-refractivity contribution is 0.0951. The highest BCUT2D eigenvalue weighted by Gasteiger charge is 2.21. The number of benzene rings is 2. The Kier molecular flexibility index (Phi) is 5.83. The highest BCUT2D eigenvalue weighted by Crippen LogP contribution is 2.26. The van der Waals surface area contributed by atoms with Crippen molar-refractivity contribution in [2.45, 2.75) is 13.5 Å². The highest BCUT2D eigenvalue weighted by molar-refractivity contribution is 7.92. The molecule has 0 aliphatic heterocycles. The van der Waals surface area contributed by atoms with Crippen LogP contribution in [0.3, 0.4) is 0 Å². The Balaban J connectivity index is 1.63. The van der Waals surface area contributed by atoms with E-state index in [1.807, 2.05) is 43.3 Å². The van der Waals surface area contributed by atoms with Crippen molar-refractivity contribution in [2.24, 2.45) is 0 Å². The third kappa shape index (κ3) is 4.89. The molecule has 0 saturated carbocycles. The van der Waals surface area contributed by atoms with E-state index in [0.717, 1.165) is 11.9 Å². The van der Waals surface area contributed by atoms with Crippen molar-refractivity contribution in [3.8, 4) is 17.1 Å². The first-order valence-electron chi connectivity index (χ1n) is 9.86. The summed E-state index contributed by atoms with van der Waals surface area (Å²) in [5.41, 5.74) is 2.62. The zero-order chi connectivity index (χ0) is 22.7. The van der Waals surface area contributed by atoms with Gasteiger partial charge in [0, 0.05) is 12.7 Å². The van der Waals surface area contributed by atoms with Crippen molar-refractivity contribution < 1.29 is 17.6 Å². The monoisotopic (exact) mass is 450 g/mol. The topological polar surface area (TPSA) is 106 Å². The number of aromatic nitrogens is 2. The van der Waals surface area contributed by atoms with Crippen LogP contribution < -0.4 is 10.0 Å². The van der Waals surface area contributed by atoms with E-state index in [9.17, 15) is 13.2 Å². The lowest BCUT2D eigenvalue weighted by atomic mass is 10.1. The van der Waals surface area contributed by atoms with Gasteiger partial charge in [0.1, 0.15) is 11.5 Å². The average molecular weight is 451 g/mol. The van der Waals surface area contributed by atoms with Crippen molar-refractivity contribution in [1.82, 2.24) is 15.1 Å². The fraction of sp³-hybridized carbons (Fsp3) is 0.130. The Bertz CT molecular complexity index is 1360. The number of rotatable bonds is 7. The van der Waals surface area contributed by atoms with E-state index in [4.69, 9.17) is 4.42 Å². The molecule has 0 unspecified atom stereocenters. The SMILES string of the molecule is Cc1ccc(-c2nn(-c3ccccc3)cc2C(=O)NCc2ccccc2NS(C)(=O)=O)o1. The van der Waals surface area contributed by atoms with Crippen LogP contribution in [0, 0.1) is 6.92 Å². The molecule has 0 spiro atoms. The summed E-state index contributed by atoms with van der Waals surface area (Å²) in [6.07, 6.45) is 2.73. The fourth-order valence-electron chi connectivity index (χ4n) is 3.24. The molecule has 2 aromatic heterocycles. The average Bonchev–Trinajstić information content (AvgIpc) is 3.39. The summed E-state index contributed by atoms with van der Waals surface area (Å²) in [7, 11) is -3.45. The first kappa shape index (κ1) is 21.4.